The van der Waals surface area contributed by atoms with E-state index in [0.29, 0.717) is 45.5 Å². The number of rotatable bonds is 3. The highest BCUT2D eigenvalue weighted by Crippen LogP contribution is 2.51. The van der Waals surface area contributed by atoms with Crippen molar-refractivity contribution in [3.05, 3.63) is 109 Å². The largest absolute Gasteiger partial charge is 0.384 e. The van der Waals surface area contributed by atoms with Gasteiger partial charge in [0.15, 0.2) is 5.78 Å². The predicted octanol–water partition coefficient (Wildman–Crippen LogP) is 8.05. The Labute approximate surface area is 231 Å². The number of carbonyl (C=O) groups is 1. The number of anilines is 1. The van der Waals surface area contributed by atoms with E-state index >= 15 is 0 Å². The number of nitriles is 1. The molecule has 0 bridgehead atoms. The van der Waals surface area contributed by atoms with Crippen LogP contribution in [0.3, 0.4) is 0 Å². The Bertz CT molecular complexity index is 1490. The maximum atomic E-state index is 14.0. The van der Waals surface area contributed by atoms with Gasteiger partial charge in [0.05, 0.1) is 27.6 Å². The second-order valence-corrected chi connectivity index (χ2v) is 12.5. The van der Waals surface area contributed by atoms with Gasteiger partial charge in [0.1, 0.15) is 5.82 Å². The second kappa shape index (κ2) is 9.68. The molecule has 0 saturated heterocycles. The molecule has 3 aromatic rings. The zero-order chi connectivity index (χ0) is 26.5. The van der Waals surface area contributed by atoms with Crippen LogP contribution in [0.5, 0.6) is 0 Å². The van der Waals surface area contributed by atoms with Gasteiger partial charge in [-0.25, -0.2) is 0 Å². The summed E-state index contributed by atoms with van der Waals surface area (Å²) in [5.41, 5.74) is 10.3. The van der Waals surface area contributed by atoms with Crippen molar-refractivity contribution >= 4 is 46.0 Å². The molecule has 7 heteroatoms. The number of thiophene rings is 1. The van der Waals surface area contributed by atoms with Crippen LogP contribution in [-0.2, 0) is 10.2 Å². The van der Waals surface area contributed by atoms with Crippen molar-refractivity contribution in [2.24, 2.45) is 5.73 Å². The summed E-state index contributed by atoms with van der Waals surface area (Å²) in [6, 6.07) is 21.8. The van der Waals surface area contributed by atoms with Crippen molar-refractivity contribution < 1.29 is 4.79 Å². The average molecular weight is 549 g/mol. The first-order chi connectivity index (χ1) is 17.6. The Balaban J connectivity index is 1.72. The van der Waals surface area contributed by atoms with E-state index in [0.717, 1.165) is 16.1 Å². The van der Waals surface area contributed by atoms with Gasteiger partial charge >= 0.3 is 0 Å². The molecule has 2 aromatic carbocycles. The lowest BCUT2D eigenvalue weighted by Crippen LogP contribution is -2.40. The topological polar surface area (TPSA) is 70.1 Å². The van der Waals surface area contributed by atoms with Crippen LogP contribution in [-0.4, -0.2) is 5.78 Å². The van der Waals surface area contributed by atoms with E-state index in [1.807, 2.05) is 35.2 Å². The molecule has 1 aromatic heterocycles. The van der Waals surface area contributed by atoms with E-state index in [9.17, 15) is 10.1 Å². The summed E-state index contributed by atoms with van der Waals surface area (Å²) in [6.07, 6.45) is 0.990. The van der Waals surface area contributed by atoms with Gasteiger partial charge in [-0.1, -0.05) is 74.3 Å². The summed E-state index contributed by atoms with van der Waals surface area (Å²) in [5.74, 6) is -0.138. The van der Waals surface area contributed by atoms with Gasteiger partial charge in [-0.2, -0.15) is 5.26 Å². The van der Waals surface area contributed by atoms with Crippen LogP contribution < -0.4 is 10.6 Å². The van der Waals surface area contributed by atoms with Crippen LogP contribution in [0.15, 0.2) is 83.3 Å². The fourth-order valence-electron chi connectivity index (χ4n) is 5.20. The second-order valence-electron chi connectivity index (χ2n) is 10.5. The fraction of sp³-hybridized carbons (Fsp3) is 0.267. The van der Waals surface area contributed by atoms with Crippen molar-refractivity contribution in [1.82, 2.24) is 0 Å². The summed E-state index contributed by atoms with van der Waals surface area (Å²) < 4.78 is 0. The maximum absolute atomic E-state index is 14.0. The summed E-state index contributed by atoms with van der Waals surface area (Å²) in [4.78, 5) is 17.9. The van der Waals surface area contributed by atoms with Gasteiger partial charge in [0.25, 0.3) is 0 Å². The van der Waals surface area contributed by atoms with Gasteiger partial charge in [-0.05, 0) is 53.6 Å². The molecule has 4 nitrogen and oxygen atoms in total. The van der Waals surface area contributed by atoms with Crippen molar-refractivity contribution in [2.75, 3.05) is 4.90 Å². The number of hydrogen-bond donors (Lipinski definition) is 1. The zero-order valence-electron chi connectivity index (χ0n) is 20.9. The van der Waals surface area contributed by atoms with E-state index in [2.05, 4.69) is 45.0 Å². The van der Waals surface area contributed by atoms with Crippen molar-refractivity contribution in [2.45, 2.75) is 50.9 Å². The summed E-state index contributed by atoms with van der Waals surface area (Å²) in [5, 5.41) is 11.1. The highest BCUT2D eigenvalue weighted by molar-refractivity contribution is 7.12. The Morgan fingerprint density at radius 1 is 1.03 bits per heavy atom. The normalized spacial score (nSPS) is 20.2. The zero-order valence-corrected chi connectivity index (χ0v) is 23.2. The Hall–Kier alpha value is -3.04. The van der Waals surface area contributed by atoms with Gasteiger partial charge in [-0.3, -0.25) is 9.69 Å². The number of ketones is 1. The minimum absolute atomic E-state index is 0.00304. The first-order valence-corrected chi connectivity index (χ1v) is 13.7. The first-order valence-electron chi connectivity index (χ1n) is 12.2. The van der Waals surface area contributed by atoms with E-state index < -0.39 is 5.92 Å². The minimum Gasteiger partial charge on any atom is -0.384 e. The number of allylic oxidation sites excluding steroid dienone is 3. The number of Topliss-reactive ketones (excluding diaryl/α,β-unsaturated/α-hetero) is 1. The van der Waals surface area contributed by atoms with Crippen molar-refractivity contribution in [3.63, 3.8) is 0 Å². The van der Waals surface area contributed by atoms with E-state index in [-0.39, 0.29) is 17.1 Å². The molecule has 2 atom stereocenters. The third-order valence-electron chi connectivity index (χ3n) is 7.05. The Morgan fingerprint density at radius 3 is 2.38 bits per heavy atom. The van der Waals surface area contributed by atoms with Crippen LogP contribution in [0.2, 0.25) is 10.0 Å². The summed E-state index contributed by atoms with van der Waals surface area (Å²) in [7, 11) is 0. The molecule has 188 valence electrons. The number of nitrogens with zero attached hydrogens (tertiary/aromatic N) is 2. The summed E-state index contributed by atoms with van der Waals surface area (Å²) >= 11 is 14.2. The van der Waals surface area contributed by atoms with Crippen LogP contribution in [0.25, 0.3) is 0 Å². The van der Waals surface area contributed by atoms with Gasteiger partial charge in [0.2, 0.25) is 0 Å². The fourth-order valence-corrected chi connectivity index (χ4v) is 6.68. The number of nitrogens with two attached hydrogens (primary N) is 1. The minimum atomic E-state index is -0.496. The molecule has 5 rings (SSSR count). The van der Waals surface area contributed by atoms with Crippen molar-refractivity contribution in [3.8, 4) is 6.07 Å². The van der Waals surface area contributed by atoms with Crippen molar-refractivity contribution in [1.29, 1.82) is 5.26 Å². The third kappa shape index (κ3) is 4.59. The molecule has 2 aliphatic rings. The molecule has 0 fully saturated rings. The van der Waals surface area contributed by atoms with Crippen LogP contribution in [0.1, 0.15) is 60.8 Å². The molecule has 1 aliphatic carbocycles. The molecule has 2 N–H and O–H groups in total. The molecule has 37 heavy (non-hydrogen) atoms. The van der Waals surface area contributed by atoms with E-state index in [1.165, 1.54) is 4.88 Å². The van der Waals surface area contributed by atoms with E-state index in [4.69, 9.17) is 28.9 Å². The van der Waals surface area contributed by atoms with Gasteiger partial charge < -0.3 is 5.73 Å². The lowest BCUT2D eigenvalue weighted by molar-refractivity contribution is -0.116. The lowest BCUT2D eigenvalue weighted by Gasteiger charge is -2.41. The van der Waals surface area contributed by atoms with E-state index in [1.54, 1.807) is 23.5 Å². The molecule has 0 unspecified atom stereocenters. The van der Waals surface area contributed by atoms with Crippen LogP contribution in [0.4, 0.5) is 5.69 Å². The quantitative estimate of drug-likeness (QED) is 0.360. The monoisotopic (exact) mass is 547 g/mol. The Morgan fingerprint density at radius 2 is 1.76 bits per heavy atom. The number of benzene rings is 2. The molecule has 0 amide bonds. The van der Waals surface area contributed by atoms with Gasteiger partial charge in [-0.15, -0.1) is 11.3 Å². The highest BCUT2D eigenvalue weighted by Gasteiger charge is 2.43. The predicted molar refractivity (Wildman–Crippen MR) is 152 cm³/mol. The molecule has 1 aliphatic heterocycles. The number of halogens is 2. The highest BCUT2D eigenvalue weighted by atomic mass is 35.5. The smallest absolute Gasteiger partial charge is 0.162 e. The third-order valence-corrected chi connectivity index (χ3v) is 9.37. The maximum Gasteiger partial charge on any atom is 0.162 e. The molecular weight excluding hydrogens is 521 g/mol. The lowest BCUT2D eigenvalue weighted by atomic mass is 9.73. The van der Waals surface area contributed by atoms with Gasteiger partial charge in [0, 0.05) is 33.1 Å². The SMILES string of the molecule is CC(C)(C)c1ccc([C@@H]2C(C#N)=C(N)N(c3ccc(Cl)c(Cl)c3)C3=C2C(=O)C[C@H](c2ccccc2)C3)s1. The summed E-state index contributed by atoms with van der Waals surface area (Å²) in [6.45, 7) is 6.48. The molecule has 0 radical (unpaired) electrons. The number of carbonyl (C=O) groups excluding carboxylic acids is 1. The molecule has 0 saturated carbocycles. The molecule has 0 spiro atoms. The first kappa shape index (κ1) is 25.6. The standard InChI is InChI=1S/C30H27Cl2N3OS/c1-30(2,3)26-12-11-25(37-26)27-20(16-33)29(34)35(19-9-10-21(31)22(32)15-19)23-13-18(14-24(36)28(23)27)17-7-5-4-6-8-17/h4-12,15,18,27H,13-14,34H2,1-3H3/t18-,27+/m1/s1. The molecule has 2 heterocycles. The average Bonchev–Trinajstić information content (AvgIpc) is 3.36. The Kier molecular flexibility index (Phi) is 6.70. The van der Waals surface area contributed by atoms with Crippen LogP contribution >= 0.6 is 34.5 Å². The van der Waals surface area contributed by atoms with Crippen LogP contribution in [0, 0.1) is 11.3 Å². The number of hydrogen-bond acceptors (Lipinski definition) is 5. The molecular formula is C30H27Cl2N3OS.